The molecule has 1 aliphatic heterocycles. The van der Waals surface area contributed by atoms with Crippen LogP contribution in [0, 0.1) is 0 Å². The Hall–Kier alpha value is -1.57. The number of likely N-dealkylation sites (tertiary alicyclic amines) is 1. The zero-order valence-corrected chi connectivity index (χ0v) is 11.0. The number of carbonyl (C=O) groups excluding carboxylic acids is 4. The number of carbonyl (C=O) groups is 4. The van der Waals surface area contributed by atoms with Crippen LogP contribution < -0.4 is 10.6 Å². The van der Waals surface area contributed by atoms with Gasteiger partial charge in [-0.2, -0.15) is 12.6 Å². The number of likely N-dealkylation sites (N-methyl/N-ethyl adjacent to an activating group) is 1. The van der Waals surface area contributed by atoms with Crippen molar-refractivity contribution in [3.8, 4) is 0 Å². The van der Waals surface area contributed by atoms with E-state index < -0.39 is 23.9 Å². The Balaban J connectivity index is 2.62. The molecule has 1 rings (SSSR count). The highest BCUT2D eigenvalue weighted by Crippen LogP contribution is 2.10. The van der Waals surface area contributed by atoms with E-state index in [2.05, 4.69) is 23.3 Å². The first-order valence-electron chi connectivity index (χ1n) is 5.35. The van der Waals surface area contributed by atoms with Crippen LogP contribution in [0.5, 0.6) is 0 Å². The van der Waals surface area contributed by atoms with Gasteiger partial charge in [-0.15, -0.1) is 0 Å². The molecule has 0 radical (unpaired) electrons. The molecule has 1 aliphatic rings. The number of nitrogens with one attached hydrogen (secondary N) is 2. The summed E-state index contributed by atoms with van der Waals surface area (Å²) in [6.45, 7) is 1.28. The lowest BCUT2D eigenvalue weighted by molar-refractivity contribution is -0.138. The quantitative estimate of drug-likeness (QED) is 0.420. The van der Waals surface area contributed by atoms with Crippen LogP contribution in [0.25, 0.3) is 0 Å². The normalized spacial score (nSPS) is 20.8. The largest absolute Gasteiger partial charge is 0.344 e. The molecular formula is C10H15N3O4S. The zero-order chi connectivity index (χ0) is 13.9. The fourth-order valence-corrected chi connectivity index (χ4v) is 1.84. The van der Waals surface area contributed by atoms with Gasteiger partial charge < -0.3 is 10.6 Å². The predicted octanol–water partition coefficient (Wildman–Crippen LogP) is -1.71. The van der Waals surface area contributed by atoms with E-state index in [1.165, 1.54) is 14.0 Å². The van der Waals surface area contributed by atoms with E-state index >= 15 is 0 Å². The van der Waals surface area contributed by atoms with Crippen molar-refractivity contribution < 1.29 is 19.2 Å². The summed E-state index contributed by atoms with van der Waals surface area (Å²) in [4.78, 5) is 46.4. The summed E-state index contributed by atoms with van der Waals surface area (Å²) in [5, 5.41) is 4.83. The molecule has 1 saturated heterocycles. The molecule has 1 heterocycles. The molecule has 0 saturated carbocycles. The standard InChI is InChI=1S/C10H15N3O4S/c1-5(14)11-7(4-18)9(16)12-6-3-8(15)13(2)10(6)17/h6-7,18H,3-4H2,1-2H3,(H,11,14)(H,12,16). The minimum atomic E-state index is -0.855. The van der Waals surface area contributed by atoms with Gasteiger partial charge in [0.25, 0.3) is 5.91 Å². The van der Waals surface area contributed by atoms with Crippen LogP contribution in [0.4, 0.5) is 0 Å². The zero-order valence-electron chi connectivity index (χ0n) is 10.1. The van der Waals surface area contributed by atoms with Gasteiger partial charge in [-0.3, -0.25) is 24.1 Å². The summed E-state index contributed by atoms with van der Waals surface area (Å²) < 4.78 is 0. The molecule has 2 unspecified atom stereocenters. The minimum absolute atomic E-state index is 0.0551. The number of nitrogens with zero attached hydrogens (tertiary/aromatic N) is 1. The van der Waals surface area contributed by atoms with Crippen LogP contribution in [-0.2, 0) is 19.2 Å². The van der Waals surface area contributed by atoms with Crippen molar-refractivity contribution in [1.29, 1.82) is 0 Å². The third kappa shape index (κ3) is 3.22. The molecule has 18 heavy (non-hydrogen) atoms. The van der Waals surface area contributed by atoms with Crippen LogP contribution in [0.1, 0.15) is 13.3 Å². The van der Waals surface area contributed by atoms with Gasteiger partial charge >= 0.3 is 0 Å². The molecule has 2 atom stereocenters. The van der Waals surface area contributed by atoms with Gasteiger partial charge in [0.05, 0.1) is 6.42 Å². The summed E-state index contributed by atoms with van der Waals surface area (Å²) >= 11 is 3.95. The smallest absolute Gasteiger partial charge is 0.252 e. The van der Waals surface area contributed by atoms with E-state index in [0.29, 0.717) is 0 Å². The Morgan fingerprint density at radius 2 is 2.11 bits per heavy atom. The summed E-state index contributed by atoms with van der Waals surface area (Å²) in [5.41, 5.74) is 0. The molecule has 4 amide bonds. The van der Waals surface area contributed by atoms with E-state index in [4.69, 9.17) is 0 Å². The van der Waals surface area contributed by atoms with E-state index in [1.807, 2.05) is 0 Å². The summed E-state index contributed by atoms with van der Waals surface area (Å²) in [5.74, 6) is -1.58. The van der Waals surface area contributed by atoms with Crippen LogP contribution in [0.2, 0.25) is 0 Å². The fraction of sp³-hybridized carbons (Fsp3) is 0.600. The number of hydrogen-bond acceptors (Lipinski definition) is 5. The van der Waals surface area contributed by atoms with Gasteiger partial charge in [-0.1, -0.05) is 0 Å². The average Bonchev–Trinajstić information content (AvgIpc) is 2.53. The second-order valence-corrected chi connectivity index (χ2v) is 4.36. The molecular weight excluding hydrogens is 258 g/mol. The van der Waals surface area contributed by atoms with Gasteiger partial charge in [0.15, 0.2) is 0 Å². The molecule has 0 spiro atoms. The Morgan fingerprint density at radius 3 is 2.50 bits per heavy atom. The number of thiol groups is 1. The maximum Gasteiger partial charge on any atom is 0.252 e. The van der Waals surface area contributed by atoms with E-state index in [9.17, 15) is 19.2 Å². The fourth-order valence-electron chi connectivity index (χ4n) is 1.58. The number of amides is 4. The lowest BCUT2D eigenvalue weighted by atomic mass is 10.2. The number of rotatable bonds is 4. The van der Waals surface area contributed by atoms with Gasteiger partial charge in [0.2, 0.25) is 17.7 Å². The molecule has 8 heteroatoms. The first kappa shape index (κ1) is 14.5. The van der Waals surface area contributed by atoms with Crippen molar-refractivity contribution in [3.05, 3.63) is 0 Å². The highest BCUT2D eigenvalue weighted by atomic mass is 32.1. The molecule has 0 aliphatic carbocycles. The number of imide groups is 1. The van der Waals surface area contributed by atoms with Crippen LogP contribution in [0.15, 0.2) is 0 Å². The minimum Gasteiger partial charge on any atom is -0.344 e. The van der Waals surface area contributed by atoms with E-state index in [-0.39, 0.29) is 24.0 Å². The maximum absolute atomic E-state index is 11.8. The topological polar surface area (TPSA) is 95.6 Å². The Labute approximate surface area is 110 Å². The first-order chi connectivity index (χ1) is 8.36. The number of hydrogen-bond donors (Lipinski definition) is 3. The highest BCUT2D eigenvalue weighted by molar-refractivity contribution is 7.80. The Bertz CT molecular complexity index is 399. The molecule has 7 nitrogen and oxygen atoms in total. The third-order valence-electron chi connectivity index (χ3n) is 2.57. The first-order valence-corrected chi connectivity index (χ1v) is 5.98. The lowest BCUT2D eigenvalue weighted by Crippen LogP contribution is -2.51. The highest BCUT2D eigenvalue weighted by Gasteiger charge is 2.37. The van der Waals surface area contributed by atoms with Gasteiger partial charge in [-0.25, -0.2) is 0 Å². The Morgan fingerprint density at radius 1 is 1.50 bits per heavy atom. The van der Waals surface area contributed by atoms with Crippen LogP contribution in [-0.4, -0.2) is 53.4 Å². The lowest BCUT2D eigenvalue weighted by Gasteiger charge is -2.17. The monoisotopic (exact) mass is 273 g/mol. The van der Waals surface area contributed by atoms with Crippen molar-refractivity contribution in [2.75, 3.05) is 12.8 Å². The molecule has 0 bridgehead atoms. The van der Waals surface area contributed by atoms with Crippen LogP contribution in [0.3, 0.4) is 0 Å². The predicted molar refractivity (Wildman–Crippen MR) is 65.8 cm³/mol. The SMILES string of the molecule is CC(=O)NC(CS)C(=O)NC1CC(=O)N(C)C1=O. The molecule has 0 aromatic carbocycles. The third-order valence-corrected chi connectivity index (χ3v) is 2.94. The molecule has 2 N–H and O–H groups in total. The average molecular weight is 273 g/mol. The summed E-state index contributed by atoms with van der Waals surface area (Å²) in [6.07, 6.45) is -0.0551. The van der Waals surface area contributed by atoms with Crippen molar-refractivity contribution in [2.45, 2.75) is 25.4 Å². The van der Waals surface area contributed by atoms with Crippen molar-refractivity contribution in [1.82, 2.24) is 15.5 Å². The molecule has 0 aromatic heterocycles. The molecule has 1 fully saturated rings. The van der Waals surface area contributed by atoms with Gasteiger partial charge in [0.1, 0.15) is 12.1 Å². The summed E-state index contributed by atoms with van der Waals surface area (Å²) in [6, 6.07) is -1.68. The van der Waals surface area contributed by atoms with E-state index in [0.717, 1.165) is 4.90 Å². The van der Waals surface area contributed by atoms with Gasteiger partial charge in [-0.05, 0) is 0 Å². The maximum atomic E-state index is 11.8. The van der Waals surface area contributed by atoms with Gasteiger partial charge in [0, 0.05) is 19.7 Å². The van der Waals surface area contributed by atoms with Crippen LogP contribution >= 0.6 is 12.6 Å². The Kier molecular flexibility index (Phi) is 4.71. The second-order valence-electron chi connectivity index (χ2n) is 3.99. The van der Waals surface area contributed by atoms with Crippen molar-refractivity contribution >= 4 is 36.3 Å². The van der Waals surface area contributed by atoms with Crippen molar-refractivity contribution in [2.24, 2.45) is 0 Å². The van der Waals surface area contributed by atoms with Crippen molar-refractivity contribution in [3.63, 3.8) is 0 Å². The second kappa shape index (κ2) is 5.85. The summed E-state index contributed by atoms with van der Waals surface area (Å²) in [7, 11) is 1.36. The molecule has 0 aromatic rings. The van der Waals surface area contributed by atoms with E-state index in [1.54, 1.807) is 0 Å². The molecule has 100 valence electrons.